The van der Waals surface area contributed by atoms with Gasteiger partial charge in [0.15, 0.2) is 0 Å². The van der Waals surface area contributed by atoms with Gasteiger partial charge in [0, 0.05) is 18.5 Å². The van der Waals surface area contributed by atoms with Crippen LogP contribution in [0.1, 0.15) is 25.0 Å². The Morgan fingerprint density at radius 1 is 1.36 bits per heavy atom. The van der Waals surface area contributed by atoms with E-state index in [1.165, 1.54) is 11.3 Å². The first-order chi connectivity index (χ1) is 10.8. The molecule has 2 aliphatic heterocycles. The van der Waals surface area contributed by atoms with Crippen LogP contribution in [0.15, 0.2) is 34.0 Å². The van der Waals surface area contributed by atoms with Gasteiger partial charge in [0.25, 0.3) is 0 Å². The summed E-state index contributed by atoms with van der Waals surface area (Å²) in [5.41, 5.74) is 5.94. The monoisotopic (exact) mass is 318 g/mol. The predicted octanol–water partition coefficient (Wildman–Crippen LogP) is 2.10. The van der Waals surface area contributed by atoms with Gasteiger partial charge in [0.2, 0.25) is 0 Å². The van der Waals surface area contributed by atoms with Crippen molar-refractivity contribution in [2.45, 2.75) is 25.8 Å². The third-order valence-corrected chi connectivity index (χ3v) is 5.49. The van der Waals surface area contributed by atoms with Gasteiger partial charge < -0.3 is 9.64 Å². The zero-order chi connectivity index (χ0) is 14.9. The van der Waals surface area contributed by atoms with E-state index in [-0.39, 0.29) is 0 Å². The fourth-order valence-corrected chi connectivity index (χ4v) is 4.15. The standard InChI is InChI=1S/C16H22N4OS/c17-20-3-1-12-7-15-16(8-13(12)2-4-20)21-6-5-19(15)9-14-10-22-11-18-14/h8,10-12H,1-7,9,17H2. The number of hydrazine groups is 1. The lowest BCUT2D eigenvalue weighted by atomic mass is 9.85. The summed E-state index contributed by atoms with van der Waals surface area (Å²) in [4.78, 5) is 6.88. The minimum Gasteiger partial charge on any atom is -0.490 e. The molecule has 1 aromatic heterocycles. The van der Waals surface area contributed by atoms with E-state index in [0.717, 1.165) is 63.5 Å². The van der Waals surface area contributed by atoms with E-state index in [9.17, 15) is 0 Å². The summed E-state index contributed by atoms with van der Waals surface area (Å²) in [6.45, 7) is 4.55. The average molecular weight is 318 g/mol. The topological polar surface area (TPSA) is 54.6 Å². The molecule has 1 fully saturated rings. The Morgan fingerprint density at radius 2 is 2.32 bits per heavy atom. The van der Waals surface area contributed by atoms with Crippen molar-refractivity contribution >= 4 is 11.3 Å². The molecule has 22 heavy (non-hydrogen) atoms. The molecule has 1 aromatic rings. The van der Waals surface area contributed by atoms with Gasteiger partial charge in [0.05, 0.1) is 30.0 Å². The summed E-state index contributed by atoms with van der Waals surface area (Å²) in [6.07, 6.45) is 5.58. The Kier molecular flexibility index (Phi) is 3.90. The lowest BCUT2D eigenvalue weighted by Gasteiger charge is -2.37. The number of nitrogens with zero attached hydrogens (tertiary/aromatic N) is 3. The Balaban J connectivity index is 1.57. The Labute approximate surface area is 135 Å². The summed E-state index contributed by atoms with van der Waals surface area (Å²) < 4.78 is 5.95. The van der Waals surface area contributed by atoms with Crippen LogP contribution in [0.4, 0.5) is 0 Å². The van der Waals surface area contributed by atoms with Crippen LogP contribution in [0.25, 0.3) is 0 Å². The molecule has 118 valence electrons. The van der Waals surface area contributed by atoms with Gasteiger partial charge in [-0.25, -0.2) is 9.99 Å². The van der Waals surface area contributed by atoms with Gasteiger partial charge >= 0.3 is 0 Å². The zero-order valence-corrected chi connectivity index (χ0v) is 13.5. The van der Waals surface area contributed by atoms with Gasteiger partial charge in [-0.15, -0.1) is 11.3 Å². The molecule has 0 amide bonds. The third-order valence-electron chi connectivity index (χ3n) is 4.85. The quantitative estimate of drug-likeness (QED) is 0.846. The largest absolute Gasteiger partial charge is 0.490 e. The van der Waals surface area contributed by atoms with Crippen molar-refractivity contribution in [1.82, 2.24) is 14.9 Å². The fourth-order valence-electron chi connectivity index (χ4n) is 3.60. The molecule has 3 heterocycles. The molecule has 5 nitrogen and oxygen atoms in total. The number of aromatic nitrogens is 1. The molecule has 1 atom stereocenters. The number of nitrogens with two attached hydrogens (primary N) is 1. The van der Waals surface area contributed by atoms with Crippen molar-refractivity contribution in [3.8, 4) is 0 Å². The molecule has 1 saturated heterocycles. The van der Waals surface area contributed by atoms with E-state index in [1.54, 1.807) is 11.3 Å². The molecule has 1 aliphatic carbocycles. The first-order valence-corrected chi connectivity index (χ1v) is 8.92. The van der Waals surface area contributed by atoms with Crippen LogP contribution in [-0.2, 0) is 11.3 Å². The second-order valence-electron chi connectivity index (χ2n) is 6.26. The molecule has 4 rings (SSSR count). The summed E-state index contributed by atoms with van der Waals surface area (Å²) in [5, 5.41) is 4.09. The second-order valence-corrected chi connectivity index (χ2v) is 6.97. The highest BCUT2D eigenvalue weighted by molar-refractivity contribution is 7.07. The van der Waals surface area contributed by atoms with Gasteiger partial charge in [-0.3, -0.25) is 5.84 Å². The number of hydrogen-bond acceptors (Lipinski definition) is 6. The van der Waals surface area contributed by atoms with Crippen LogP contribution >= 0.6 is 11.3 Å². The van der Waals surface area contributed by atoms with Crippen molar-refractivity contribution in [1.29, 1.82) is 0 Å². The van der Waals surface area contributed by atoms with Crippen LogP contribution in [0.5, 0.6) is 0 Å². The van der Waals surface area contributed by atoms with E-state index in [1.807, 2.05) is 10.5 Å². The van der Waals surface area contributed by atoms with Crippen LogP contribution in [-0.4, -0.2) is 41.1 Å². The number of rotatable bonds is 2. The van der Waals surface area contributed by atoms with E-state index in [0.29, 0.717) is 5.92 Å². The minimum atomic E-state index is 0.618. The van der Waals surface area contributed by atoms with Crippen LogP contribution in [0.3, 0.4) is 0 Å². The van der Waals surface area contributed by atoms with E-state index in [2.05, 4.69) is 21.3 Å². The molecule has 0 aromatic carbocycles. The molecule has 0 bridgehead atoms. The molecule has 2 N–H and O–H groups in total. The fraction of sp³-hybridized carbons (Fsp3) is 0.562. The summed E-state index contributed by atoms with van der Waals surface area (Å²) in [7, 11) is 0. The third kappa shape index (κ3) is 2.78. The molecule has 0 saturated carbocycles. The molecular weight excluding hydrogens is 296 g/mol. The van der Waals surface area contributed by atoms with Crippen molar-refractivity contribution in [2.24, 2.45) is 11.8 Å². The number of allylic oxidation sites excluding steroid dienone is 2. The highest BCUT2D eigenvalue weighted by atomic mass is 32.1. The number of fused-ring (bicyclic) bond motifs is 1. The second kappa shape index (κ2) is 6.02. The average Bonchev–Trinajstić information content (AvgIpc) is 2.97. The lowest BCUT2D eigenvalue weighted by Crippen LogP contribution is -2.35. The van der Waals surface area contributed by atoms with Crippen molar-refractivity contribution < 1.29 is 4.74 Å². The van der Waals surface area contributed by atoms with Crippen LogP contribution in [0, 0.1) is 5.92 Å². The maximum Gasteiger partial charge on any atom is 0.138 e. The van der Waals surface area contributed by atoms with Crippen molar-refractivity contribution in [3.63, 3.8) is 0 Å². The molecular formula is C16H22N4OS. The number of ether oxygens (including phenoxy) is 1. The SMILES string of the molecule is NN1CCC2=CC3=C(CC2CC1)N(Cc1cscn1)CCO3. The summed E-state index contributed by atoms with van der Waals surface area (Å²) in [6, 6.07) is 0. The van der Waals surface area contributed by atoms with Gasteiger partial charge in [-0.1, -0.05) is 5.57 Å². The Hall–Kier alpha value is -1.37. The van der Waals surface area contributed by atoms with Gasteiger partial charge in [0.1, 0.15) is 12.4 Å². The van der Waals surface area contributed by atoms with E-state index < -0.39 is 0 Å². The first kappa shape index (κ1) is 14.2. The minimum absolute atomic E-state index is 0.618. The molecule has 0 radical (unpaired) electrons. The van der Waals surface area contributed by atoms with Crippen molar-refractivity contribution in [2.75, 3.05) is 26.2 Å². The predicted molar refractivity (Wildman–Crippen MR) is 86.7 cm³/mol. The maximum absolute atomic E-state index is 6.00. The highest BCUT2D eigenvalue weighted by Crippen LogP contribution is 2.38. The van der Waals surface area contributed by atoms with E-state index in [4.69, 9.17) is 10.6 Å². The first-order valence-electron chi connectivity index (χ1n) is 7.97. The lowest BCUT2D eigenvalue weighted by molar-refractivity contribution is 0.123. The number of thiazole rings is 1. The maximum atomic E-state index is 6.00. The normalized spacial score (nSPS) is 26.0. The van der Waals surface area contributed by atoms with Crippen molar-refractivity contribution in [3.05, 3.63) is 39.7 Å². The van der Waals surface area contributed by atoms with Crippen LogP contribution in [0.2, 0.25) is 0 Å². The molecule has 0 spiro atoms. The molecule has 3 aliphatic rings. The van der Waals surface area contributed by atoms with E-state index >= 15 is 0 Å². The molecule has 1 unspecified atom stereocenters. The smallest absolute Gasteiger partial charge is 0.138 e. The Morgan fingerprint density at radius 3 is 3.18 bits per heavy atom. The Bertz CT molecular complexity index is 595. The van der Waals surface area contributed by atoms with Gasteiger partial charge in [-0.05, 0) is 31.3 Å². The molecule has 6 heteroatoms. The van der Waals surface area contributed by atoms with Crippen LogP contribution < -0.4 is 5.84 Å². The highest BCUT2D eigenvalue weighted by Gasteiger charge is 2.31. The summed E-state index contributed by atoms with van der Waals surface area (Å²) in [5.74, 6) is 7.70. The zero-order valence-electron chi connectivity index (χ0n) is 12.7. The number of hydrogen-bond donors (Lipinski definition) is 1. The summed E-state index contributed by atoms with van der Waals surface area (Å²) >= 11 is 1.66. The van der Waals surface area contributed by atoms with Gasteiger partial charge in [-0.2, -0.15) is 0 Å².